The van der Waals surface area contributed by atoms with Gasteiger partial charge in [0.1, 0.15) is 11.9 Å². The fourth-order valence-electron chi connectivity index (χ4n) is 4.05. The van der Waals surface area contributed by atoms with Crippen LogP contribution >= 0.6 is 0 Å². The van der Waals surface area contributed by atoms with Gasteiger partial charge in [0.15, 0.2) is 0 Å². The summed E-state index contributed by atoms with van der Waals surface area (Å²) < 4.78 is 7.89. The predicted molar refractivity (Wildman–Crippen MR) is 104 cm³/mol. The van der Waals surface area contributed by atoms with Gasteiger partial charge in [0.2, 0.25) is 5.88 Å². The summed E-state index contributed by atoms with van der Waals surface area (Å²) in [4.78, 5) is 4.02. The quantitative estimate of drug-likeness (QED) is 0.682. The lowest BCUT2D eigenvalue weighted by atomic mass is 9.91. The molecule has 1 unspecified atom stereocenters. The SMILES string of the molecule is C[C@]12C=CC(C[C@@H](Oc3ccc(-c4ccc(-n5ccnc5)cc4O)nn3)C1)N2. The van der Waals surface area contributed by atoms with Crippen molar-refractivity contribution in [3.63, 3.8) is 0 Å². The van der Waals surface area contributed by atoms with E-state index >= 15 is 0 Å². The van der Waals surface area contributed by atoms with Crippen LogP contribution in [0.25, 0.3) is 16.9 Å². The van der Waals surface area contributed by atoms with E-state index in [1.54, 1.807) is 18.6 Å². The van der Waals surface area contributed by atoms with E-state index in [1.807, 2.05) is 35.0 Å². The highest BCUT2D eigenvalue weighted by Gasteiger charge is 2.39. The van der Waals surface area contributed by atoms with Gasteiger partial charge in [-0.3, -0.25) is 0 Å². The van der Waals surface area contributed by atoms with E-state index in [9.17, 15) is 5.11 Å². The second-order valence-corrected chi connectivity index (χ2v) is 7.64. The van der Waals surface area contributed by atoms with Gasteiger partial charge in [-0.1, -0.05) is 12.2 Å². The normalized spacial score (nSPS) is 25.8. The van der Waals surface area contributed by atoms with Gasteiger partial charge in [0.25, 0.3) is 0 Å². The third-order valence-electron chi connectivity index (χ3n) is 5.37. The fourth-order valence-corrected chi connectivity index (χ4v) is 4.05. The smallest absolute Gasteiger partial charge is 0.233 e. The van der Waals surface area contributed by atoms with Crippen LogP contribution in [-0.4, -0.2) is 42.5 Å². The molecule has 1 saturated heterocycles. The van der Waals surface area contributed by atoms with Crippen LogP contribution in [0.3, 0.4) is 0 Å². The summed E-state index contributed by atoms with van der Waals surface area (Å²) in [5.74, 6) is 0.649. The van der Waals surface area contributed by atoms with Crippen molar-refractivity contribution in [3.8, 4) is 28.6 Å². The highest BCUT2D eigenvalue weighted by Crippen LogP contribution is 2.33. The molecule has 0 amide bonds. The summed E-state index contributed by atoms with van der Waals surface area (Å²) in [5.41, 5.74) is 2.05. The van der Waals surface area contributed by atoms with Crippen molar-refractivity contribution in [1.29, 1.82) is 0 Å². The van der Waals surface area contributed by atoms with E-state index in [0.29, 0.717) is 23.2 Å². The molecule has 142 valence electrons. The minimum Gasteiger partial charge on any atom is -0.507 e. The summed E-state index contributed by atoms with van der Waals surface area (Å²) in [6.45, 7) is 2.18. The third-order valence-corrected chi connectivity index (χ3v) is 5.37. The molecule has 2 aliphatic rings. The number of rotatable bonds is 4. The van der Waals surface area contributed by atoms with E-state index in [1.165, 1.54) is 0 Å². The fraction of sp³-hybridized carbons (Fsp3) is 0.286. The Bertz CT molecular complexity index is 1020. The predicted octanol–water partition coefficient (Wildman–Crippen LogP) is 2.86. The Labute approximate surface area is 162 Å². The molecule has 2 N–H and O–H groups in total. The van der Waals surface area contributed by atoms with Crippen LogP contribution in [0.1, 0.15) is 19.8 Å². The molecule has 28 heavy (non-hydrogen) atoms. The Morgan fingerprint density at radius 1 is 1.25 bits per heavy atom. The lowest BCUT2D eigenvalue weighted by Crippen LogP contribution is -2.51. The molecule has 1 aromatic carbocycles. The second kappa shape index (κ2) is 6.45. The summed E-state index contributed by atoms with van der Waals surface area (Å²) in [7, 11) is 0. The number of benzene rings is 1. The lowest BCUT2D eigenvalue weighted by molar-refractivity contribution is 0.110. The number of phenolic OH excluding ortho intramolecular Hbond substituents is 1. The van der Waals surface area contributed by atoms with Crippen molar-refractivity contribution in [2.75, 3.05) is 0 Å². The number of phenols is 1. The van der Waals surface area contributed by atoms with Crippen LogP contribution in [0.2, 0.25) is 0 Å². The number of aromatic nitrogens is 4. The van der Waals surface area contributed by atoms with E-state index in [2.05, 4.69) is 39.6 Å². The molecule has 2 aliphatic heterocycles. The van der Waals surface area contributed by atoms with Crippen LogP contribution in [0.4, 0.5) is 0 Å². The van der Waals surface area contributed by atoms with E-state index < -0.39 is 0 Å². The summed E-state index contributed by atoms with van der Waals surface area (Å²) in [5, 5.41) is 22.5. The Balaban J connectivity index is 1.31. The number of nitrogens with zero attached hydrogens (tertiary/aromatic N) is 4. The molecule has 3 atom stereocenters. The average molecular weight is 375 g/mol. The summed E-state index contributed by atoms with van der Waals surface area (Å²) in [6.07, 6.45) is 11.6. The minimum atomic E-state index is 0.00370. The zero-order valence-corrected chi connectivity index (χ0v) is 15.5. The molecule has 0 radical (unpaired) electrons. The molecular weight excluding hydrogens is 354 g/mol. The summed E-state index contributed by atoms with van der Waals surface area (Å²) >= 11 is 0. The van der Waals surface area contributed by atoms with Crippen LogP contribution in [0.15, 0.2) is 61.2 Å². The monoisotopic (exact) mass is 375 g/mol. The first-order valence-corrected chi connectivity index (χ1v) is 9.37. The number of hydrogen-bond donors (Lipinski definition) is 2. The maximum Gasteiger partial charge on any atom is 0.233 e. The maximum absolute atomic E-state index is 10.4. The Kier molecular flexibility index (Phi) is 3.91. The second-order valence-electron chi connectivity index (χ2n) is 7.64. The van der Waals surface area contributed by atoms with Gasteiger partial charge in [-0.05, 0) is 25.1 Å². The molecule has 0 spiro atoms. The molecule has 3 aromatic rings. The van der Waals surface area contributed by atoms with Crippen molar-refractivity contribution in [3.05, 3.63) is 61.2 Å². The molecule has 0 saturated carbocycles. The lowest BCUT2D eigenvalue weighted by Gasteiger charge is -2.36. The number of aromatic hydroxyl groups is 1. The number of hydrogen-bond acceptors (Lipinski definition) is 6. The first-order chi connectivity index (χ1) is 13.6. The first kappa shape index (κ1) is 16.9. The number of ether oxygens (including phenoxy) is 1. The highest BCUT2D eigenvalue weighted by atomic mass is 16.5. The van der Waals surface area contributed by atoms with Crippen LogP contribution in [0.5, 0.6) is 11.6 Å². The molecule has 5 rings (SSSR count). The van der Waals surface area contributed by atoms with Crippen LogP contribution < -0.4 is 10.1 Å². The highest BCUT2D eigenvalue weighted by molar-refractivity contribution is 5.68. The van der Waals surface area contributed by atoms with E-state index in [-0.39, 0.29) is 17.4 Å². The molecule has 2 aromatic heterocycles. The van der Waals surface area contributed by atoms with Gasteiger partial charge in [-0.2, -0.15) is 0 Å². The number of fused-ring (bicyclic) bond motifs is 2. The molecule has 7 heteroatoms. The van der Waals surface area contributed by atoms with Gasteiger partial charge in [0.05, 0.1) is 17.7 Å². The molecule has 0 aliphatic carbocycles. The van der Waals surface area contributed by atoms with Crippen molar-refractivity contribution in [2.24, 2.45) is 0 Å². The van der Waals surface area contributed by atoms with Crippen molar-refractivity contribution < 1.29 is 9.84 Å². The number of piperidine rings is 1. The standard InChI is InChI=1S/C21H21N5O2/c1-21-7-6-14(23-21)10-16(12-21)28-20-5-4-18(24-25-20)17-3-2-15(11-19(17)27)26-9-8-22-13-26/h2-9,11,13-14,16,23,27H,10,12H2,1H3/t14?,16-,21+/m1/s1. The van der Waals surface area contributed by atoms with Gasteiger partial charge in [-0.15, -0.1) is 10.2 Å². The molecule has 1 fully saturated rings. The van der Waals surface area contributed by atoms with Gasteiger partial charge < -0.3 is 19.7 Å². The number of imidazole rings is 1. The Morgan fingerprint density at radius 2 is 2.18 bits per heavy atom. The zero-order chi connectivity index (χ0) is 19.1. The topological polar surface area (TPSA) is 85.1 Å². The van der Waals surface area contributed by atoms with Crippen molar-refractivity contribution >= 4 is 0 Å². The molecular formula is C21H21N5O2. The maximum atomic E-state index is 10.4. The van der Waals surface area contributed by atoms with Crippen LogP contribution in [-0.2, 0) is 0 Å². The third kappa shape index (κ3) is 3.14. The van der Waals surface area contributed by atoms with Crippen LogP contribution in [0, 0.1) is 0 Å². The van der Waals surface area contributed by atoms with Gasteiger partial charge >= 0.3 is 0 Å². The Morgan fingerprint density at radius 3 is 2.89 bits per heavy atom. The summed E-state index contributed by atoms with van der Waals surface area (Å²) in [6, 6.07) is 9.41. The Hall–Kier alpha value is -3.19. The largest absolute Gasteiger partial charge is 0.507 e. The zero-order valence-electron chi connectivity index (χ0n) is 15.5. The van der Waals surface area contributed by atoms with Gasteiger partial charge in [-0.25, -0.2) is 4.98 Å². The number of nitrogens with one attached hydrogen (secondary N) is 1. The minimum absolute atomic E-state index is 0.00370. The van der Waals surface area contributed by atoms with Gasteiger partial charge in [0, 0.05) is 54.5 Å². The molecule has 7 nitrogen and oxygen atoms in total. The van der Waals surface area contributed by atoms with E-state index in [0.717, 1.165) is 18.5 Å². The van der Waals surface area contributed by atoms with Crippen molar-refractivity contribution in [1.82, 2.24) is 25.1 Å². The van der Waals surface area contributed by atoms with Crippen molar-refractivity contribution in [2.45, 2.75) is 37.5 Å². The first-order valence-electron chi connectivity index (χ1n) is 9.37. The average Bonchev–Trinajstić information content (AvgIpc) is 3.30. The van der Waals surface area contributed by atoms with E-state index in [4.69, 9.17) is 4.74 Å². The molecule has 4 heterocycles. The molecule has 2 bridgehead atoms.